The molecule has 0 aliphatic carbocycles. The van der Waals surface area contributed by atoms with Gasteiger partial charge in [-0.3, -0.25) is 24.2 Å². The number of amides is 3. The number of nitrogens with one attached hydrogen (secondary N) is 1. The predicted molar refractivity (Wildman–Crippen MR) is 108 cm³/mol. The molecule has 1 aromatic carbocycles. The van der Waals surface area contributed by atoms with Crippen LogP contribution in [0, 0.1) is 0 Å². The first kappa shape index (κ1) is 19.1. The fraction of sp³-hybridized carbons (Fsp3) is 0.364. The van der Waals surface area contributed by atoms with E-state index in [4.69, 9.17) is 0 Å². The third-order valence-corrected chi connectivity index (χ3v) is 5.55. The van der Waals surface area contributed by atoms with Gasteiger partial charge < -0.3 is 4.90 Å². The highest BCUT2D eigenvalue weighted by Gasteiger charge is 2.36. The van der Waals surface area contributed by atoms with Gasteiger partial charge >= 0.3 is 0 Å². The Labute approximate surface area is 169 Å². The monoisotopic (exact) mass is 393 g/mol. The third-order valence-electron chi connectivity index (χ3n) is 5.55. The van der Waals surface area contributed by atoms with Crippen molar-refractivity contribution in [2.45, 2.75) is 19.8 Å². The lowest BCUT2D eigenvalue weighted by atomic mass is 10.0. The van der Waals surface area contributed by atoms with Crippen LogP contribution >= 0.6 is 0 Å². The molecule has 2 aliphatic heterocycles. The summed E-state index contributed by atoms with van der Waals surface area (Å²) in [6.07, 6.45) is 3.57. The number of aromatic amines is 1. The number of hydrogen-bond donors (Lipinski definition) is 0. The van der Waals surface area contributed by atoms with Crippen LogP contribution in [0.2, 0.25) is 0 Å². The number of hydrogen-bond acceptors (Lipinski definition) is 4. The number of nitrogens with zero attached hydrogens (tertiary/aromatic N) is 3. The van der Waals surface area contributed by atoms with Gasteiger partial charge in [0.1, 0.15) is 13.1 Å². The average Bonchev–Trinajstić information content (AvgIpc) is 3.01. The standard InChI is InChI=1S/C22H24N4O3/c1-2-3-10-26-21(28)17-8-7-16(15-18(17)22(26)29)20(27)25-13-11-24(12-14-25)19-6-4-5-9-23-19/h4-9,15H,2-3,10-14H2,1H3/p+1. The second kappa shape index (κ2) is 8.03. The molecule has 1 saturated heterocycles. The van der Waals surface area contributed by atoms with Crippen LogP contribution in [-0.4, -0.2) is 60.2 Å². The molecule has 3 amide bonds. The molecule has 2 aliphatic rings. The van der Waals surface area contributed by atoms with Crippen molar-refractivity contribution in [1.82, 2.24) is 9.80 Å². The number of benzene rings is 1. The van der Waals surface area contributed by atoms with E-state index >= 15 is 0 Å². The van der Waals surface area contributed by atoms with Crippen molar-refractivity contribution in [2.24, 2.45) is 0 Å². The van der Waals surface area contributed by atoms with Gasteiger partial charge in [-0.05, 0) is 30.7 Å². The maximum Gasteiger partial charge on any atom is 0.274 e. The Kier molecular flexibility index (Phi) is 5.29. The first-order chi connectivity index (χ1) is 14.1. The van der Waals surface area contributed by atoms with E-state index in [0.717, 1.165) is 31.7 Å². The van der Waals surface area contributed by atoms with E-state index in [1.165, 1.54) is 4.90 Å². The minimum atomic E-state index is -0.294. The molecule has 1 aromatic heterocycles. The van der Waals surface area contributed by atoms with Crippen LogP contribution in [0.15, 0.2) is 42.6 Å². The summed E-state index contributed by atoms with van der Waals surface area (Å²) in [5.41, 5.74) is 1.20. The Morgan fingerprint density at radius 2 is 1.76 bits per heavy atom. The molecule has 7 nitrogen and oxygen atoms in total. The van der Waals surface area contributed by atoms with Crippen LogP contribution in [-0.2, 0) is 0 Å². The van der Waals surface area contributed by atoms with Gasteiger partial charge in [0.15, 0.2) is 0 Å². The molecule has 0 unspecified atom stereocenters. The zero-order chi connectivity index (χ0) is 20.4. The number of pyridine rings is 1. The first-order valence-corrected chi connectivity index (χ1v) is 10.1. The summed E-state index contributed by atoms with van der Waals surface area (Å²) in [5.74, 6) is 0.382. The van der Waals surface area contributed by atoms with E-state index < -0.39 is 0 Å². The van der Waals surface area contributed by atoms with Crippen LogP contribution in [0.1, 0.15) is 50.8 Å². The summed E-state index contributed by atoms with van der Waals surface area (Å²) in [6, 6.07) is 10.8. The summed E-state index contributed by atoms with van der Waals surface area (Å²) >= 11 is 0. The maximum absolute atomic E-state index is 13.0. The molecule has 3 heterocycles. The number of carbonyl (C=O) groups excluding carboxylic acids is 3. The predicted octanol–water partition coefficient (Wildman–Crippen LogP) is 1.86. The highest BCUT2D eigenvalue weighted by Crippen LogP contribution is 2.25. The van der Waals surface area contributed by atoms with E-state index in [1.807, 2.05) is 31.3 Å². The number of rotatable bonds is 5. The van der Waals surface area contributed by atoms with Crippen LogP contribution < -0.4 is 9.88 Å². The summed E-state index contributed by atoms with van der Waals surface area (Å²) in [6.45, 7) is 5.12. The Hall–Kier alpha value is -3.22. The van der Waals surface area contributed by atoms with Gasteiger partial charge in [0.05, 0.1) is 30.4 Å². The Morgan fingerprint density at radius 3 is 2.45 bits per heavy atom. The number of aromatic nitrogens is 1. The SMILES string of the molecule is CCCCN1C(=O)c2ccc(C(=O)N3CCN(c4cccc[nH+]4)CC3)cc2C1=O. The van der Waals surface area contributed by atoms with Gasteiger partial charge in [0, 0.05) is 18.2 Å². The topological polar surface area (TPSA) is 75.1 Å². The number of H-pyrrole nitrogens is 1. The minimum Gasteiger partial charge on any atom is -0.331 e. The summed E-state index contributed by atoms with van der Waals surface area (Å²) < 4.78 is 0. The number of fused-ring (bicyclic) bond motifs is 1. The number of unbranched alkanes of at least 4 members (excludes halogenated alkanes) is 1. The smallest absolute Gasteiger partial charge is 0.274 e. The van der Waals surface area contributed by atoms with Gasteiger partial charge in [-0.15, -0.1) is 0 Å². The normalized spacial score (nSPS) is 16.4. The second-order valence-corrected chi connectivity index (χ2v) is 7.40. The van der Waals surface area contributed by atoms with Crippen LogP contribution in [0.4, 0.5) is 5.82 Å². The molecule has 2 aromatic rings. The van der Waals surface area contributed by atoms with Gasteiger partial charge in [-0.1, -0.05) is 19.4 Å². The van der Waals surface area contributed by atoms with E-state index in [0.29, 0.717) is 36.3 Å². The van der Waals surface area contributed by atoms with Crippen LogP contribution in [0.3, 0.4) is 0 Å². The quantitative estimate of drug-likeness (QED) is 0.727. The van der Waals surface area contributed by atoms with E-state index in [2.05, 4.69) is 9.88 Å². The van der Waals surface area contributed by atoms with Crippen molar-refractivity contribution in [3.8, 4) is 0 Å². The fourth-order valence-electron chi connectivity index (χ4n) is 3.86. The van der Waals surface area contributed by atoms with Crippen molar-refractivity contribution in [3.05, 3.63) is 59.3 Å². The minimum absolute atomic E-state index is 0.100. The summed E-state index contributed by atoms with van der Waals surface area (Å²) in [4.78, 5) is 46.6. The molecule has 1 N–H and O–H groups in total. The first-order valence-electron chi connectivity index (χ1n) is 10.1. The van der Waals surface area contributed by atoms with E-state index in [9.17, 15) is 14.4 Å². The number of piperazine rings is 1. The summed E-state index contributed by atoms with van der Waals surface area (Å²) in [7, 11) is 0. The molecule has 0 spiro atoms. The van der Waals surface area contributed by atoms with Crippen molar-refractivity contribution in [3.63, 3.8) is 0 Å². The van der Waals surface area contributed by atoms with Gasteiger partial charge in [-0.25, -0.2) is 4.98 Å². The molecule has 4 rings (SSSR count). The highest BCUT2D eigenvalue weighted by atomic mass is 16.2. The average molecular weight is 393 g/mol. The van der Waals surface area contributed by atoms with Gasteiger partial charge in [0.25, 0.3) is 23.5 Å². The van der Waals surface area contributed by atoms with Crippen molar-refractivity contribution >= 4 is 23.5 Å². The molecule has 150 valence electrons. The molecule has 29 heavy (non-hydrogen) atoms. The molecule has 0 bridgehead atoms. The number of anilines is 1. The van der Waals surface area contributed by atoms with E-state index in [1.54, 1.807) is 23.1 Å². The van der Waals surface area contributed by atoms with Crippen LogP contribution in [0.25, 0.3) is 0 Å². The highest BCUT2D eigenvalue weighted by molar-refractivity contribution is 6.22. The fourth-order valence-corrected chi connectivity index (χ4v) is 3.86. The van der Waals surface area contributed by atoms with Crippen molar-refractivity contribution in [2.75, 3.05) is 37.6 Å². The van der Waals surface area contributed by atoms with Gasteiger partial charge in [0.2, 0.25) is 0 Å². The molecular weight excluding hydrogens is 368 g/mol. The molecule has 0 saturated carbocycles. The lowest BCUT2D eigenvalue weighted by molar-refractivity contribution is -0.364. The Bertz CT molecular complexity index is 936. The largest absolute Gasteiger partial charge is 0.331 e. The van der Waals surface area contributed by atoms with E-state index in [-0.39, 0.29) is 17.7 Å². The Balaban J connectivity index is 1.45. The molecule has 1 fully saturated rings. The lowest BCUT2D eigenvalue weighted by Gasteiger charge is -2.31. The molecular formula is C22H25N4O3+. The number of carbonyl (C=O) groups is 3. The zero-order valence-corrected chi connectivity index (χ0v) is 16.6. The molecule has 7 heteroatoms. The Morgan fingerprint density at radius 1 is 1.00 bits per heavy atom. The third kappa shape index (κ3) is 3.60. The lowest BCUT2D eigenvalue weighted by Crippen LogP contribution is -2.50. The number of imide groups is 1. The molecule has 0 radical (unpaired) electrons. The summed E-state index contributed by atoms with van der Waals surface area (Å²) in [5, 5.41) is 0. The zero-order valence-electron chi connectivity index (χ0n) is 16.6. The van der Waals surface area contributed by atoms with Crippen molar-refractivity contribution in [1.29, 1.82) is 0 Å². The van der Waals surface area contributed by atoms with Crippen molar-refractivity contribution < 1.29 is 19.4 Å². The maximum atomic E-state index is 13.0. The molecule has 0 atom stereocenters. The van der Waals surface area contributed by atoms with Gasteiger partial charge in [-0.2, -0.15) is 0 Å². The second-order valence-electron chi connectivity index (χ2n) is 7.40. The van der Waals surface area contributed by atoms with Crippen LogP contribution in [0.5, 0.6) is 0 Å².